The minimum atomic E-state index is -0.167. The molecule has 1 aromatic carbocycles. The van der Waals surface area contributed by atoms with Gasteiger partial charge in [-0.25, -0.2) is 9.97 Å². The highest BCUT2D eigenvalue weighted by atomic mass is 16.1. The molecule has 2 N–H and O–H groups in total. The molecular formula is C21H29N5O. The zero-order valence-corrected chi connectivity index (χ0v) is 16.5. The Morgan fingerprint density at radius 1 is 1.19 bits per heavy atom. The number of amides is 1. The van der Waals surface area contributed by atoms with E-state index in [-0.39, 0.29) is 5.91 Å². The Morgan fingerprint density at radius 2 is 1.89 bits per heavy atom. The molecule has 3 rings (SSSR count). The summed E-state index contributed by atoms with van der Waals surface area (Å²) in [5, 5.41) is 6.13. The Morgan fingerprint density at radius 3 is 2.56 bits per heavy atom. The van der Waals surface area contributed by atoms with Crippen LogP contribution in [0.25, 0.3) is 0 Å². The van der Waals surface area contributed by atoms with Crippen LogP contribution in [0.3, 0.4) is 0 Å². The second-order valence-electron chi connectivity index (χ2n) is 7.28. The molecule has 0 saturated carbocycles. The first-order valence-electron chi connectivity index (χ1n) is 9.81. The molecule has 27 heavy (non-hydrogen) atoms. The maximum Gasteiger partial charge on any atom is 0.270 e. The van der Waals surface area contributed by atoms with Gasteiger partial charge in [0.05, 0.1) is 0 Å². The summed E-state index contributed by atoms with van der Waals surface area (Å²) >= 11 is 0. The minimum Gasteiger partial charge on any atom is -0.372 e. The number of carbonyl (C=O) groups excluding carboxylic acids is 1. The molecule has 1 aliphatic rings. The number of aromatic nitrogens is 2. The summed E-state index contributed by atoms with van der Waals surface area (Å²) in [6.45, 7) is 9.02. The van der Waals surface area contributed by atoms with Crippen LogP contribution in [0.5, 0.6) is 0 Å². The van der Waals surface area contributed by atoms with Crippen LogP contribution in [0.1, 0.15) is 49.4 Å². The van der Waals surface area contributed by atoms with Crippen molar-refractivity contribution in [2.75, 3.05) is 29.9 Å². The van der Waals surface area contributed by atoms with Crippen molar-refractivity contribution in [3.8, 4) is 0 Å². The van der Waals surface area contributed by atoms with Crippen LogP contribution in [0.15, 0.2) is 30.3 Å². The highest BCUT2D eigenvalue weighted by Crippen LogP contribution is 2.25. The van der Waals surface area contributed by atoms with Gasteiger partial charge in [-0.05, 0) is 56.4 Å². The zero-order chi connectivity index (χ0) is 19.2. The Bertz CT molecular complexity index is 767. The third-order valence-electron chi connectivity index (χ3n) is 4.89. The van der Waals surface area contributed by atoms with Gasteiger partial charge in [-0.3, -0.25) is 4.79 Å². The van der Waals surface area contributed by atoms with E-state index in [9.17, 15) is 4.79 Å². The normalized spacial score (nSPS) is 14.9. The van der Waals surface area contributed by atoms with E-state index in [1.165, 1.54) is 18.5 Å². The van der Waals surface area contributed by atoms with Crippen LogP contribution >= 0.6 is 0 Å². The van der Waals surface area contributed by atoms with E-state index in [0.29, 0.717) is 23.9 Å². The topological polar surface area (TPSA) is 70.2 Å². The fraction of sp³-hybridized carbons (Fsp3) is 0.476. The molecule has 1 fully saturated rings. The number of anilines is 3. The Labute approximate surface area is 161 Å². The summed E-state index contributed by atoms with van der Waals surface area (Å²) in [6, 6.07) is 10.1. The van der Waals surface area contributed by atoms with Crippen molar-refractivity contribution in [2.24, 2.45) is 5.92 Å². The molecule has 1 amide bonds. The molecule has 0 aliphatic carbocycles. The number of piperidine rings is 1. The number of carbonyl (C=O) groups is 1. The van der Waals surface area contributed by atoms with Gasteiger partial charge in [0.2, 0.25) is 0 Å². The number of nitrogens with zero attached hydrogens (tertiary/aromatic N) is 3. The molecule has 0 radical (unpaired) electrons. The van der Waals surface area contributed by atoms with Crippen molar-refractivity contribution in [3.63, 3.8) is 0 Å². The molecule has 0 bridgehead atoms. The number of benzene rings is 1. The monoisotopic (exact) mass is 367 g/mol. The van der Waals surface area contributed by atoms with Crippen molar-refractivity contribution in [3.05, 3.63) is 41.9 Å². The van der Waals surface area contributed by atoms with Gasteiger partial charge in [-0.15, -0.1) is 0 Å². The van der Waals surface area contributed by atoms with Crippen LogP contribution in [0.4, 0.5) is 17.2 Å². The average molecular weight is 367 g/mol. The summed E-state index contributed by atoms with van der Waals surface area (Å²) in [4.78, 5) is 23.2. The Hall–Kier alpha value is -2.63. The SMILES string of the molecule is CCCNC(=O)c1cc(Nc2ccc(N3CCC(C)CC3)cc2)nc(C)n1. The molecule has 2 aromatic rings. The van der Waals surface area contributed by atoms with E-state index in [0.717, 1.165) is 31.1 Å². The predicted molar refractivity (Wildman–Crippen MR) is 110 cm³/mol. The summed E-state index contributed by atoms with van der Waals surface area (Å²) in [5.74, 6) is 1.86. The van der Waals surface area contributed by atoms with E-state index in [1.807, 2.05) is 6.92 Å². The quantitative estimate of drug-likeness (QED) is 0.810. The number of aryl methyl sites for hydroxylation is 1. The lowest BCUT2D eigenvalue weighted by atomic mass is 9.99. The molecular weight excluding hydrogens is 338 g/mol. The van der Waals surface area contributed by atoms with E-state index in [4.69, 9.17) is 0 Å². The molecule has 0 atom stereocenters. The summed E-state index contributed by atoms with van der Waals surface area (Å²) < 4.78 is 0. The van der Waals surface area contributed by atoms with Gasteiger partial charge in [0.15, 0.2) is 0 Å². The lowest BCUT2D eigenvalue weighted by Crippen LogP contribution is -2.32. The lowest BCUT2D eigenvalue weighted by Gasteiger charge is -2.32. The third-order valence-corrected chi connectivity index (χ3v) is 4.89. The fourth-order valence-corrected chi connectivity index (χ4v) is 3.25. The van der Waals surface area contributed by atoms with Gasteiger partial charge in [0.1, 0.15) is 17.3 Å². The highest BCUT2D eigenvalue weighted by molar-refractivity contribution is 5.93. The van der Waals surface area contributed by atoms with Gasteiger partial charge < -0.3 is 15.5 Å². The Balaban J connectivity index is 1.68. The molecule has 0 unspecified atom stereocenters. The molecule has 144 valence electrons. The van der Waals surface area contributed by atoms with Crippen LogP contribution in [0, 0.1) is 12.8 Å². The first-order chi connectivity index (χ1) is 13.0. The number of hydrogen-bond donors (Lipinski definition) is 2. The van der Waals surface area contributed by atoms with Crippen molar-refractivity contribution in [1.82, 2.24) is 15.3 Å². The second-order valence-corrected chi connectivity index (χ2v) is 7.28. The maximum atomic E-state index is 12.2. The van der Waals surface area contributed by atoms with Crippen LogP contribution in [0.2, 0.25) is 0 Å². The van der Waals surface area contributed by atoms with Gasteiger partial charge in [0.25, 0.3) is 5.91 Å². The second kappa shape index (κ2) is 8.84. The van der Waals surface area contributed by atoms with E-state index in [2.05, 4.69) is 56.7 Å². The van der Waals surface area contributed by atoms with Gasteiger partial charge in [-0.1, -0.05) is 13.8 Å². The standard InChI is InChI=1S/C21H29N5O/c1-4-11-22-21(27)19-14-20(24-16(3)23-19)25-17-5-7-18(8-6-17)26-12-9-15(2)10-13-26/h5-8,14-15H,4,9-13H2,1-3H3,(H,22,27)(H,23,24,25). The summed E-state index contributed by atoms with van der Waals surface area (Å²) in [5.41, 5.74) is 2.59. The molecule has 1 aliphatic heterocycles. The first-order valence-corrected chi connectivity index (χ1v) is 9.81. The largest absolute Gasteiger partial charge is 0.372 e. The number of hydrogen-bond acceptors (Lipinski definition) is 5. The van der Waals surface area contributed by atoms with Gasteiger partial charge >= 0.3 is 0 Å². The minimum absolute atomic E-state index is 0.167. The van der Waals surface area contributed by atoms with Crippen molar-refractivity contribution in [2.45, 2.75) is 40.0 Å². The van der Waals surface area contributed by atoms with E-state index in [1.54, 1.807) is 13.0 Å². The highest BCUT2D eigenvalue weighted by Gasteiger charge is 2.16. The van der Waals surface area contributed by atoms with Crippen molar-refractivity contribution >= 4 is 23.1 Å². The van der Waals surface area contributed by atoms with Crippen molar-refractivity contribution < 1.29 is 4.79 Å². The molecule has 1 aromatic heterocycles. The molecule has 6 heteroatoms. The van der Waals surface area contributed by atoms with E-state index >= 15 is 0 Å². The van der Waals surface area contributed by atoms with Crippen LogP contribution in [-0.2, 0) is 0 Å². The fourth-order valence-electron chi connectivity index (χ4n) is 3.25. The molecule has 1 saturated heterocycles. The lowest BCUT2D eigenvalue weighted by molar-refractivity contribution is 0.0948. The van der Waals surface area contributed by atoms with Crippen LogP contribution in [-0.4, -0.2) is 35.5 Å². The van der Waals surface area contributed by atoms with Crippen LogP contribution < -0.4 is 15.5 Å². The smallest absolute Gasteiger partial charge is 0.270 e. The molecule has 6 nitrogen and oxygen atoms in total. The van der Waals surface area contributed by atoms with Crippen molar-refractivity contribution in [1.29, 1.82) is 0 Å². The zero-order valence-electron chi connectivity index (χ0n) is 16.5. The van der Waals surface area contributed by atoms with Gasteiger partial charge in [-0.2, -0.15) is 0 Å². The molecule has 2 heterocycles. The van der Waals surface area contributed by atoms with E-state index < -0.39 is 0 Å². The molecule has 0 spiro atoms. The van der Waals surface area contributed by atoms with Gasteiger partial charge in [0, 0.05) is 37.1 Å². The summed E-state index contributed by atoms with van der Waals surface area (Å²) in [7, 11) is 0. The average Bonchev–Trinajstić information content (AvgIpc) is 2.67. The number of rotatable bonds is 6. The first kappa shape index (κ1) is 19.1. The third kappa shape index (κ3) is 5.18. The maximum absolute atomic E-state index is 12.2. The number of nitrogens with one attached hydrogen (secondary N) is 2. The Kier molecular flexibility index (Phi) is 6.27. The predicted octanol–water partition coefficient (Wildman–Crippen LogP) is 3.90. The summed E-state index contributed by atoms with van der Waals surface area (Å²) in [6.07, 6.45) is 3.40.